The number of nitro groups is 1. The molecule has 3 aromatic carbocycles. The molecule has 1 heterocycles. The zero-order chi connectivity index (χ0) is 20.9. The van der Waals surface area contributed by atoms with Crippen LogP contribution in [0.25, 0.3) is 11.0 Å². The number of benzene rings is 3. The number of aromatic amines is 1. The number of hydrogen-bond acceptors (Lipinski definition) is 5. The van der Waals surface area contributed by atoms with Gasteiger partial charge < -0.3 is 9.72 Å². The maximum absolute atomic E-state index is 12.4. The zero-order valence-electron chi connectivity index (χ0n) is 16.1. The number of nitrogens with zero attached hydrogens (tertiary/aromatic N) is 2. The molecule has 0 fully saturated rings. The zero-order valence-corrected chi connectivity index (χ0v) is 16.1. The average molecular weight is 401 g/mol. The van der Waals surface area contributed by atoms with Gasteiger partial charge in [-0.3, -0.25) is 14.9 Å². The highest BCUT2D eigenvalue weighted by molar-refractivity contribution is 5.81. The van der Waals surface area contributed by atoms with Gasteiger partial charge in [0.05, 0.1) is 16.0 Å². The van der Waals surface area contributed by atoms with Gasteiger partial charge in [-0.1, -0.05) is 30.3 Å². The normalized spacial score (nSPS) is 10.8. The molecule has 0 aliphatic rings. The highest BCUT2D eigenvalue weighted by Gasteiger charge is 2.11. The van der Waals surface area contributed by atoms with E-state index in [0.717, 1.165) is 11.3 Å². The second-order valence-electron chi connectivity index (χ2n) is 6.92. The van der Waals surface area contributed by atoms with E-state index in [9.17, 15) is 14.9 Å². The Bertz CT molecular complexity index is 1180. The lowest BCUT2D eigenvalue weighted by molar-refractivity contribution is -0.384. The number of carbonyl (C=O) groups excluding carboxylic acids is 1. The number of nitro benzene ring substituents is 1. The number of carbonyl (C=O) groups is 1. The molecule has 0 unspecified atom stereocenters. The standard InChI is InChI=1S/C23H19N3O4/c27-18(9-13-23-24-21-12-8-17(26(28)29)15-22(21)25-23)14-16-6-10-20(11-7-16)30-19-4-2-1-3-5-19/h1-8,10-12,15H,9,13-14H2,(H,24,25). The fourth-order valence-electron chi connectivity index (χ4n) is 3.16. The number of nitrogens with one attached hydrogen (secondary N) is 1. The minimum Gasteiger partial charge on any atom is -0.457 e. The summed E-state index contributed by atoms with van der Waals surface area (Å²) in [5.41, 5.74) is 2.17. The number of fused-ring (bicyclic) bond motifs is 1. The van der Waals surface area contributed by atoms with E-state index in [1.807, 2.05) is 54.6 Å². The number of rotatable bonds is 8. The summed E-state index contributed by atoms with van der Waals surface area (Å²) in [5, 5.41) is 10.9. The number of aromatic nitrogens is 2. The monoisotopic (exact) mass is 401 g/mol. The number of non-ortho nitro benzene ring substituents is 1. The fourth-order valence-corrected chi connectivity index (χ4v) is 3.16. The molecule has 4 rings (SSSR count). The maximum atomic E-state index is 12.4. The van der Waals surface area contributed by atoms with Crippen molar-refractivity contribution >= 4 is 22.5 Å². The summed E-state index contributed by atoms with van der Waals surface area (Å²) < 4.78 is 5.76. The molecular formula is C23H19N3O4. The third-order valence-electron chi connectivity index (χ3n) is 4.67. The van der Waals surface area contributed by atoms with Crippen LogP contribution in [-0.2, 0) is 17.6 Å². The smallest absolute Gasteiger partial charge is 0.271 e. The molecule has 0 aliphatic heterocycles. The molecule has 4 aromatic rings. The molecule has 0 spiro atoms. The predicted octanol–water partition coefficient (Wildman–Crippen LogP) is 5.01. The molecule has 0 bridgehead atoms. The summed E-state index contributed by atoms with van der Waals surface area (Å²) in [4.78, 5) is 30.2. The van der Waals surface area contributed by atoms with Crippen molar-refractivity contribution in [2.24, 2.45) is 0 Å². The van der Waals surface area contributed by atoms with Gasteiger partial charge in [-0.15, -0.1) is 0 Å². The lowest BCUT2D eigenvalue weighted by atomic mass is 10.1. The summed E-state index contributed by atoms with van der Waals surface area (Å²) in [6.45, 7) is 0. The summed E-state index contributed by atoms with van der Waals surface area (Å²) >= 11 is 0. The van der Waals surface area contributed by atoms with Crippen LogP contribution in [0.1, 0.15) is 17.8 Å². The largest absolute Gasteiger partial charge is 0.457 e. The first-order valence-corrected chi connectivity index (χ1v) is 9.53. The summed E-state index contributed by atoms with van der Waals surface area (Å²) in [6, 6.07) is 21.5. The van der Waals surface area contributed by atoms with Gasteiger partial charge in [-0.05, 0) is 35.9 Å². The lowest BCUT2D eigenvalue weighted by Crippen LogP contribution is -2.05. The van der Waals surface area contributed by atoms with E-state index in [2.05, 4.69) is 9.97 Å². The van der Waals surface area contributed by atoms with Gasteiger partial charge in [0.1, 0.15) is 23.1 Å². The van der Waals surface area contributed by atoms with Crippen LogP contribution in [0.5, 0.6) is 11.5 Å². The number of ether oxygens (including phenoxy) is 1. The highest BCUT2D eigenvalue weighted by atomic mass is 16.6. The van der Waals surface area contributed by atoms with Crippen molar-refractivity contribution in [1.82, 2.24) is 9.97 Å². The maximum Gasteiger partial charge on any atom is 0.271 e. The van der Waals surface area contributed by atoms with E-state index in [1.165, 1.54) is 12.1 Å². The van der Waals surface area contributed by atoms with Gasteiger partial charge in [0, 0.05) is 31.4 Å². The Morgan fingerprint density at radius 2 is 1.73 bits per heavy atom. The fraction of sp³-hybridized carbons (Fsp3) is 0.130. The van der Waals surface area contributed by atoms with Crippen molar-refractivity contribution in [2.75, 3.05) is 0 Å². The van der Waals surface area contributed by atoms with Crippen LogP contribution in [0, 0.1) is 10.1 Å². The Labute approximate surface area is 172 Å². The molecule has 0 saturated carbocycles. The first kappa shape index (κ1) is 19.3. The number of H-pyrrole nitrogens is 1. The second-order valence-corrected chi connectivity index (χ2v) is 6.92. The van der Waals surface area contributed by atoms with Gasteiger partial charge in [-0.25, -0.2) is 4.98 Å². The van der Waals surface area contributed by atoms with Crippen LogP contribution < -0.4 is 4.74 Å². The minimum absolute atomic E-state index is 0.00784. The summed E-state index contributed by atoms with van der Waals surface area (Å²) in [5.74, 6) is 2.22. The van der Waals surface area contributed by atoms with Gasteiger partial charge >= 0.3 is 0 Å². The van der Waals surface area contributed by atoms with Crippen LogP contribution in [0.3, 0.4) is 0 Å². The Balaban J connectivity index is 1.32. The number of para-hydroxylation sites is 1. The number of ketones is 1. The van der Waals surface area contributed by atoms with Gasteiger partial charge in [0.2, 0.25) is 0 Å². The van der Waals surface area contributed by atoms with E-state index in [0.29, 0.717) is 41.9 Å². The second kappa shape index (κ2) is 8.57. The molecule has 0 saturated heterocycles. The van der Waals surface area contributed by atoms with Crippen LogP contribution >= 0.6 is 0 Å². The van der Waals surface area contributed by atoms with Crippen molar-refractivity contribution in [3.05, 3.63) is 94.3 Å². The van der Waals surface area contributed by atoms with Crippen molar-refractivity contribution in [1.29, 1.82) is 0 Å². The van der Waals surface area contributed by atoms with Crippen LogP contribution in [0.15, 0.2) is 72.8 Å². The number of Topliss-reactive ketones (excluding diaryl/α,β-unsaturated/α-hetero) is 1. The summed E-state index contributed by atoms with van der Waals surface area (Å²) in [6.07, 6.45) is 1.12. The number of imidazole rings is 1. The van der Waals surface area contributed by atoms with E-state index in [-0.39, 0.29) is 11.5 Å². The molecule has 1 aromatic heterocycles. The summed E-state index contributed by atoms with van der Waals surface area (Å²) in [7, 11) is 0. The van der Waals surface area contributed by atoms with E-state index < -0.39 is 4.92 Å². The molecule has 0 atom stereocenters. The molecule has 0 radical (unpaired) electrons. The third-order valence-corrected chi connectivity index (χ3v) is 4.67. The molecule has 1 N–H and O–H groups in total. The lowest BCUT2D eigenvalue weighted by Gasteiger charge is -2.06. The van der Waals surface area contributed by atoms with E-state index >= 15 is 0 Å². The Morgan fingerprint density at radius 3 is 2.47 bits per heavy atom. The van der Waals surface area contributed by atoms with Gasteiger partial charge in [0.15, 0.2) is 0 Å². The molecule has 7 heteroatoms. The first-order valence-electron chi connectivity index (χ1n) is 9.53. The molecule has 7 nitrogen and oxygen atoms in total. The highest BCUT2D eigenvalue weighted by Crippen LogP contribution is 2.22. The minimum atomic E-state index is -0.445. The van der Waals surface area contributed by atoms with E-state index in [1.54, 1.807) is 6.07 Å². The Kier molecular flexibility index (Phi) is 5.52. The first-order chi connectivity index (χ1) is 14.6. The third kappa shape index (κ3) is 4.70. The molecular weight excluding hydrogens is 382 g/mol. The Morgan fingerprint density at radius 1 is 1.00 bits per heavy atom. The molecule has 0 aliphatic carbocycles. The Hall–Kier alpha value is -4.00. The van der Waals surface area contributed by atoms with E-state index in [4.69, 9.17) is 4.74 Å². The van der Waals surface area contributed by atoms with Crippen molar-refractivity contribution in [3.63, 3.8) is 0 Å². The molecule has 0 amide bonds. The van der Waals surface area contributed by atoms with Crippen molar-refractivity contribution < 1.29 is 14.5 Å². The van der Waals surface area contributed by atoms with Crippen LogP contribution in [-0.4, -0.2) is 20.7 Å². The predicted molar refractivity (Wildman–Crippen MR) is 113 cm³/mol. The van der Waals surface area contributed by atoms with Crippen molar-refractivity contribution in [3.8, 4) is 11.5 Å². The SMILES string of the molecule is O=C(CCc1nc2ccc([N+](=O)[O-])cc2[nH]1)Cc1ccc(Oc2ccccc2)cc1. The average Bonchev–Trinajstić information content (AvgIpc) is 3.16. The van der Waals surface area contributed by atoms with Gasteiger partial charge in [-0.2, -0.15) is 0 Å². The van der Waals surface area contributed by atoms with Crippen LogP contribution in [0.2, 0.25) is 0 Å². The quantitative estimate of drug-likeness (QED) is 0.331. The topological polar surface area (TPSA) is 98.1 Å². The molecule has 30 heavy (non-hydrogen) atoms. The number of hydrogen-bond donors (Lipinski definition) is 1. The van der Waals surface area contributed by atoms with Crippen LogP contribution in [0.4, 0.5) is 5.69 Å². The van der Waals surface area contributed by atoms with Gasteiger partial charge in [0.25, 0.3) is 5.69 Å². The molecule has 150 valence electrons. The number of aryl methyl sites for hydroxylation is 1. The van der Waals surface area contributed by atoms with Crippen molar-refractivity contribution in [2.45, 2.75) is 19.3 Å².